The van der Waals surface area contributed by atoms with Crippen molar-refractivity contribution in [2.45, 2.75) is 6.92 Å². The number of anilines is 4. The van der Waals surface area contributed by atoms with Crippen molar-refractivity contribution in [3.8, 4) is 5.88 Å². The molecule has 3 aromatic rings. The summed E-state index contributed by atoms with van der Waals surface area (Å²) >= 11 is 0. The van der Waals surface area contributed by atoms with E-state index in [1.807, 2.05) is 56.3 Å². The van der Waals surface area contributed by atoms with Crippen LogP contribution in [0.3, 0.4) is 0 Å². The van der Waals surface area contributed by atoms with Crippen molar-refractivity contribution in [2.75, 3.05) is 36.7 Å². The Bertz CT molecular complexity index is 980. The zero-order valence-electron chi connectivity index (χ0n) is 16.5. The number of nitrogens with one attached hydrogen (secondary N) is 2. The number of amides is 1. The molecule has 3 rings (SSSR count). The van der Waals surface area contributed by atoms with Crippen molar-refractivity contribution >= 4 is 28.9 Å². The highest BCUT2D eigenvalue weighted by atomic mass is 16.5. The maximum atomic E-state index is 12.4. The number of ether oxygens (including phenoxy) is 1. The molecule has 0 aliphatic rings. The average Bonchev–Trinajstić information content (AvgIpc) is 3.04. The van der Waals surface area contributed by atoms with E-state index in [0.717, 1.165) is 11.5 Å². The summed E-state index contributed by atoms with van der Waals surface area (Å²) in [5.74, 6) is 2.21. The Morgan fingerprint density at radius 1 is 1.14 bits per heavy atom. The Balaban J connectivity index is 1.71. The van der Waals surface area contributed by atoms with E-state index >= 15 is 0 Å². The van der Waals surface area contributed by atoms with Crippen molar-refractivity contribution in [3.05, 3.63) is 47.9 Å². The van der Waals surface area contributed by atoms with E-state index in [1.54, 1.807) is 13.2 Å². The summed E-state index contributed by atoms with van der Waals surface area (Å²) in [6, 6.07) is 9.22. The number of aryl methyl sites for hydroxylation is 2. The van der Waals surface area contributed by atoms with Gasteiger partial charge in [-0.25, -0.2) is 9.97 Å². The number of rotatable bonds is 6. The molecular weight excluding hydrogens is 358 g/mol. The summed E-state index contributed by atoms with van der Waals surface area (Å²) in [6.45, 7) is 1.85. The van der Waals surface area contributed by atoms with Crippen LogP contribution in [0.25, 0.3) is 0 Å². The minimum atomic E-state index is -0.285. The Morgan fingerprint density at radius 3 is 2.46 bits per heavy atom. The smallest absolute Gasteiger partial charge is 0.262 e. The monoisotopic (exact) mass is 381 g/mol. The molecule has 0 radical (unpaired) electrons. The number of aromatic nitrogens is 4. The van der Waals surface area contributed by atoms with Crippen LogP contribution >= 0.6 is 0 Å². The third-order valence-corrected chi connectivity index (χ3v) is 3.93. The quantitative estimate of drug-likeness (QED) is 0.677. The van der Waals surface area contributed by atoms with E-state index in [1.165, 1.54) is 11.8 Å². The molecule has 1 aromatic carbocycles. The summed E-state index contributed by atoms with van der Waals surface area (Å²) < 4.78 is 6.66. The second-order valence-electron chi connectivity index (χ2n) is 6.44. The van der Waals surface area contributed by atoms with Gasteiger partial charge >= 0.3 is 0 Å². The molecule has 2 heterocycles. The summed E-state index contributed by atoms with van der Waals surface area (Å²) in [5.41, 5.74) is 1.88. The van der Waals surface area contributed by atoms with Gasteiger partial charge in [0.25, 0.3) is 5.91 Å². The van der Waals surface area contributed by atoms with Crippen LogP contribution in [0.1, 0.15) is 16.2 Å². The molecule has 0 aliphatic heterocycles. The van der Waals surface area contributed by atoms with Crippen LogP contribution in [0, 0.1) is 6.92 Å². The molecule has 2 aromatic heterocycles. The number of benzene rings is 1. The average molecular weight is 381 g/mol. The molecule has 0 aliphatic carbocycles. The van der Waals surface area contributed by atoms with Crippen LogP contribution in [-0.2, 0) is 7.05 Å². The normalized spacial score (nSPS) is 10.5. The predicted molar refractivity (Wildman–Crippen MR) is 109 cm³/mol. The van der Waals surface area contributed by atoms with Crippen molar-refractivity contribution in [1.29, 1.82) is 0 Å². The Labute approximate surface area is 163 Å². The van der Waals surface area contributed by atoms with Gasteiger partial charge in [-0.2, -0.15) is 0 Å². The summed E-state index contributed by atoms with van der Waals surface area (Å²) in [7, 11) is 7.08. The van der Waals surface area contributed by atoms with Gasteiger partial charge in [0.05, 0.1) is 7.11 Å². The molecule has 9 heteroatoms. The fraction of sp³-hybridized carbons (Fsp3) is 0.263. The van der Waals surface area contributed by atoms with Crippen molar-refractivity contribution in [1.82, 2.24) is 19.7 Å². The van der Waals surface area contributed by atoms with E-state index in [2.05, 4.69) is 25.7 Å². The standard InChI is InChI=1S/C19H23N7O2/c1-12-20-16(10-17(21-12)25(2)3)22-13-6-8-14(9-7-13)23-18(27)15-11-26(4)24-19(15)28-5/h6-11H,1-5H3,(H,23,27)(H,20,21,22). The molecule has 0 unspecified atom stereocenters. The minimum absolute atomic E-state index is 0.285. The SMILES string of the molecule is COc1nn(C)cc1C(=O)Nc1ccc(Nc2cc(N(C)C)nc(C)n2)cc1. The Hall–Kier alpha value is -3.62. The lowest BCUT2D eigenvalue weighted by Gasteiger charge is -2.14. The molecule has 0 bridgehead atoms. The fourth-order valence-corrected chi connectivity index (χ4v) is 2.60. The summed E-state index contributed by atoms with van der Waals surface area (Å²) in [6.07, 6.45) is 1.61. The maximum Gasteiger partial charge on any atom is 0.262 e. The molecule has 2 N–H and O–H groups in total. The number of methoxy groups -OCH3 is 1. The topological polar surface area (TPSA) is 97.2 Å². The number of hydrogen-bond acceptors (Lipinski definition) is 7. The van der Waals surface area contributed by atoms with Crippen LogP contribution in [-0.4, -0.2) is 46.9 Å². The van der Waals surface area contributed by atoms with Crippen LogP contribution in [0.15, 0.2) is 36.5 Å². The first-order valence-electron chi connectivity index (χ1n) is 8.65. The Morgan fingerprint density at radius 2 is 1.82 bits per heavy atom. The van der Waals surface area contributed by atoms with Crippen molar-refractivity contribution in [2.24, 2.45) is 7.05 Å². The molecule has 0 saturated heterocycles. The second-order valence-corrected chi connectivity index (χ2v) is 6.44. The molecule has 146 valence electrons. The lowest BCUT2D eigenvalue weighted by Crippen LogP contribution is -2.13. The van der Waals surface area contributed by atoms with E-state index in [0.29, 0.717) is 22.9 Å². The lowest BCUT2D eigenvalue weighted by atomic mass is 10.2. The molecule has 0 atom stereocenters. The van der Waals surface area contributed by atoms with Gasteiger partial charge in [0.2, 0.25) is 5.88 Å². The van der Waals surface area contributed by atoms with Gasteiger partial charge in [0.15, 0.2) is 0 Å². The largest absolute Gasteiger partial charge is 0.479 e. The molecule has 0 spiro atoms. The van der Waals surface area contributed by atoms with Crippen LogP contribution in [0.5, 0.6) is 5.88 Å². The van der Waals surface area contributed by atoms with Crippen molar-refractivity contribution < 1.29 is 9.53 Å². The molecular formula is C19H23N7O2. The molecule has 0 saturated carbocycles. The molecule has 1 amide bonds. The van der Waals surface area contributed by atoms with E-state index in [-0.39, 0.29) is 11.8 Å². The van der Waals surface area contributed by atoms with E-state index in [4.69, 9.17) is 4.74 Å². The van der Waals surface area contributed by atoms with Crippen LogP contribution in [0.4, 0.5) is 23.0 Å². The number of carbonyl (C=O) groups is 1. The first-order chi connectivity index (χ1) is 13.4. The second kappa shape index (κ2) is 7.95. The fourth-order valence-electron chi connectivity index (χ4n) is 2.60. The summed E-state index contributed by atoms with van der Waals surface area (Å²) in [4.78, 5) is 23.1. The third-order valence-electron chi connectivity index (χ3n) is 3.93. The summed E-state index contributed by atoms with van der Waals surface area (Å²) in [5, 5.41) is 10.2. The van der Waals surface area contributed by atoms with Gasteiger partial charge in [-0.3, -0.25) is 9.48 Å². The number of carbonyl (C=O) groups excluding carboxylic acids is 1. The first kappa shape index (κ1) is 19.2. The predicted octanol–water partition coefficient (Wildman–Crippen LogP) is 2.59. The van der Waals surface area contributed by atoms with Crippen LogP contribution in [0.2, 0.25) is 0 Å². The van der Waals surface area contributed by atoms with Gasteiger partial charge in [-0.1, -0.05) is 0 Å². The highest BCUT2D eigenvalue weighted by molar-refractivity contribution is 6.05. The van der Waals surface area contributed by atoms with Crippen molar-refractivity contribution in [3.63, 3.8) is 0 Å². The van der Waals surface area contributed by atoms with Gasteiger partial charge in [0, 0.05) is 44.8 Å². The third kappa shape index (κ3) is 4.37. The Kier molecular flexibility index (Phi) is 5.44. The van der Waals surface area contributed by atoms with Gasteiger partial charge in [-0.05, 0) is 31.2 Å². The van der Waals surface area contributed by atoms with Gasteiger partial charge in [-0.15, -0.1) is 5.10 Å². The first-order valence-corrected chi connectivity index (χ1v) is 8.65. The van der Waals surface area contributed by atoms with E-state index in [9.17, 15) is 4.79 Å². The number of nitrogens with zero attached hydrogens (tertiary/aromatic N) is 5. The minimum Gasteiger partial charge on any atom is -0.479 e. The van der Waals surface area contributed by atoms with Gasteiger partial charge in [0.1, 0.15) is 23.0 Å². The molecule has 9 nitrogen and oxygen atoms in total. The zero-order valence-corrected chi connectivity index (χ0v) is 16.5. The van der Waals surface area contributed by atoms with E-state index < -0.39 is 0 Å². The lowest BCUT2D eigenvalue weighted by molar-refractivity contribution is 0.102. The van der Waals surface area contributed by atoms with Crippen LogP contribution < -0.4 is 20.3 Å². The van der Waals surface area contributed by atoms with Gasteiger partial charge < -0.3 is 20.3 Å². The maximum absolute atomic E-state index is 12.4. The highest BCUT2D eigenvalue weighted by Crippen LogP contribution is 2.22. The molecule has 28 heavy (non-hydrogen) atoms. The zero-order chi connectivity index (χ0) is 20.3. The number of hydrogen-bond donors (Lipinski definition) is 2. The highest BCUT2D eigenvalue weighted by Gasteiger charge is 2.16. The molecule has 0 fully saturated rings.